The molecule has 27 heavy (non-hydrogen) atoms. The van der Waals surface area contributed by atoms with Crippen LogP contribution >= 0.6 is 0 Å². The number of aliphatic hydroxyl groups is 1. The fourth-order valence-corrected chi connectivity index (χ4v) is 2.84. The zero-order valence-corrected chi connectivity index (χ0v) is 16.1. The first-order valence-corrected chi connectivity index (χ1v) is 9.19. The van der Waals surface area contributed by atoms with Crippen molar-refractivity contribution in [3.05, 3.63) is 81.8 Å². The molecule has 3 N–H and O–H groups in total. The van der Waals surface area contributed by atoms with Gasteiger partial charge in [-0.1, -0.05) is 62.4 Å². The highest BCUT2D eigenvalue weighted by atomic mass is 16.3. The summed E-state index contributed by atoms with van der Waals surface area (Å²) in [5.41, 5.74) is 10.4. The van der Waals surface area contributed by atoms with E-state index in [1.807, 2.05) is 50.2 Å². The molecule has 5 heteroatoms. The second kappa shape index (κ2) is 9.69. The second-order valence-electron chi connectivity index (χ2n) is 6.02. The number of nitrogen functional groups attached to an aromatic ring is 1. The average Bonchev–Trinajstić information content (AvgIpc) is 2.72. The van der Waals surface area contributed by atoms with Crippen molar-refractivity contribution in [3.8, 4) is 11.1 Å². The van der Waals surface area contributed by atoms with Gasteiger partial charge in [-0.15, -0.1) is 0 Å². The van der Waals surface area contributed by atoms with E-state index in [0.717, 1.165) is 28.7 Å². The molecule has 0 saturated heterocycles. The molecule has 0 radical (unpaired) electrons. The molecule has 0 aliphatic heterocycles. The predicted octanol–water partition coefficient (Wildman–Crippen LogP) is 3.33. The molecule has 0 amide bonds. The van der Waals surface area contributed by atoms with Gasteiger partial charge in [-0.2, -0.15) is 0 Å². The Morgan fingerprint density at radius 2 is 1.78 bits per heavy atom. The van der Waals surface area contributed by atoms with Crippen molar-refractivity contribution < 1.29 is 5.11 Å². The number of rotatable bonds is 5. The molecule has 5 nitrogen and oxygen atoms in total. The van der Waals surface area contributed by atoms with Gasteiger partial charge in [-0.3, -0.25) is 9.36 Å². The molecular weight excluding hydrogens is 338 g/mol. The first-order chi connectivity index (χ1) is 13.1. The molecule has 0 atom stereocenters. The second-order valence-corrected chi connectivity index (χ2v) is 6.02. The van der Waals surface area contributed by atoms with Crippen LogP contribution in [0, 0.1) is 0 Å². The van der Waals surface area contributed by atoms with Crippen molar-refractivity contribution in [1.29, 1.82) is 0 Å². The minimum Gasteiger partial charge on any atom is -0.392 e. The van der Waals surface area contributed by atoms with Crippen molar-refractivity contribution in [2.45, 2.75) is 33.3 Å². The fraction of sp³-hybridized carbons (Fsp3) is 0.273. The molecule has 0 unspecified atom stereocenters. The summed E-state index contributed by atoms with van der Waals surface area (Å²) >= 11 is 0. The molecule has 3 aromatic rings. The van der Waals surface area contributed by atoms with Crippen molar-refractivity contribution in [3.63, 3.8) is 0 Å². The Morgan fingerprint density at radius 3 is 2.48 bits per heavy atom. The number of aromatic nitrogens is 2. The smallest absolute Gasteiger partial charge is 0.254 e. The van der Waals surface area contributed by atoms with Crippen LogP contribution in [-0.4, -0.2) is 14.7 Å². The lowest BCUT2D eigenvalue weighted by Gasteiger charge is -2.10. The minimum absolute atomic E-state index is 0.0108. The summed E-state index contributed by atoms with van der Waals surface area (Å²) in [5, 5.41) is 9.52. The highest BCUT2D eigenvalue weighted by Gasteiger charge is 2.06. The Morgan fingerprint density at radius 1 is 1.04 bits per heavy atom. The number of anilines is 1. The summed E-state index contributed by atoms with van der Waals surface area (Å²) in [4.78, 5) is 16.1. The Hall–Kier alpha value is -2.92. The molecule has 0 spiro atoms. The number of hydrogen-bond acceptors (Lipinski definition) is 4. The van der Waals surface area contributed by atoms with Crippen LogP contribution in [0.2, 0.25) is 0 Å². The van der Waals surface area contributed by atoms with Gasteiger partial charge in [0.15, 0.2) is 0 Å². The largest absolute Gasteiger partial charge is 0.392 e. The Kier molecular flexibility index (Phi) is 7.32. The van der Waals surface area contributed by atoms with Gasteiger partial charge in [0.1, 0.15) is 0 Å². The van der Waals surface area contributed by atoms with Gasteiger partial charge in [0.05, 0.1) is 12.3 Å². The maximum Gasteiger partial charge on any atom is 0.254 e. The molecule has 3 rings (SSSR count). The van der Waals surface area contributed by atoms with Crippen LogP contribution in [0.25, 0.3) is 11.1 Å². The maximum atomic E-state index is 11.8. The molecule has 0 aliphatic rings. The number of nitrogens with two attached hydrogens (primary N) is 1. The minimum atomic E-state index is -0.145. The van der Waals surface area contributed by atoms with E-state index in [-0.39, 0.29) is 18.1 Å². The third-order valence-corrected chi connectivity index (χ3v) is 4.32. The summed E-state index contributed by atoms with van der Waals surface area (Å²) in [7, 11) is 1.61. The van der Waals surface area contributed by atoms with E-state index in [1.165, 1.54) is 10.6 Å². The zero-order chi connectivity index (χ0) is 19.8. The summed E-state index contributed by atoms with van der Waals surface area (Å²) in [6, 6.07) is 17.5. The van der Waals surface area contributed by atoms with E-state index in [2.05, 4.69) is 17.1 Å². The van der Waals surface area contributed by atoms with E-state index in [4.69, 9.17) is 5.73 Å². The Balaban J connectivity index is 0.00000126. The third-order valence-electron chi connectivity index (χ3n) is 4.32. The molecule has 1 aromatic heterocycles. The molecule has 2 aromatic carbocycles. The average molecular weight is 365 g/mol. The lowest BCUT2D eigenvalue weighted by atomic mass is 9.97. The monoisotopic (exact) mass is 365 g/mol. The van der Waals surface area contributed by atoms with Gasteiger partial charge < -0.3 is 10.8 Å². The van der Waals surface area contributed by atoms with Gasteiger partial charge in [-0.05, 0) is 35.1 Å². The van der Waals surface area contributed by atoms with Crippen LogP contribution < -0.4 is 11.3 Å². The molecule has 142 valence electrons. The zero-order valence-electron chi connectivity index (χ0n) is 16.1. The number of aryl methyl sites for hydroxylation is 2. The van der Waals surface area contributed by atoms with Crippen molar-refractivity contribution in [2.24, 2.45) is 7.05 Å². The molecule has 0 fully saturated rings. The molecule has 1 heterocycles. The van der Waals surface area contributed by atoms with Crippen LogP contribution in [-0.2, 0) is 26.5 Å². The van der Waals surface area contributed by atoms with Crippen LogP contribution in [0.5, 0.6) is 0 Å². The van der Waals surface area contributed by atoms with E-state index in [9.17, 15) is 9.90 Å². The van der Waals surface area contributed by atoms with Crippen LogP contribution in [0.3, 0.4) is 0 Å². The quantitative estimate of drug-likeness (QED) is 0.727. The molecule has 0 bridgehead atoms. The van der Waals surface area contributed by atoms with Crippen molar-refractivity contribution >= 4 is 5.95 Å². The first-order valence-electron chi connectivity index (χ1n) is 9.19. The van der Waals surface area contributed by atoms with Crippen molar-refractivity contribution in [2.75, 3.05) is 5.73 Å². The van der Waals surface area contributed by atoms with E-state index in [0.29, 0.717) is 12.1 Å². The summed E-state index contributed by atoms with van der Waals surface area (Å²) in [5.74, 6) is 0.230. The van der Waals surface area contributed by atoms with E-state index in [1.54, 1.807) is 7.05 Å². The lowest BCUT2D eigenvalue weighted by Crippen LogP contribution is -2.21. The van der Waals surface area contributed by atoms with Gasteiger partial charge in [0.25, 0.3) is 5.56 Å². The van der Waals surface area contributed by atoms with Gasteiger partial charge in [0.2, 0.25) is 5.95 Å². The highest BCUT2D eigenvalue weighted by molar-refractivity contribution is 5.67. The maximum absolute atomic E-state index is 11.8. The molecule has 0 saturated carbocycles. The number of aliphatic hydroxyl groups excluding tert-OH is 1. The summed E-state index contributed by atoms with van der Waals surface area (Å²) in [6.45, 7) is 4.01. The van der Waals surface area contributed by atoms with E-state index >= 15 is 0 Å². The van der Waals surface area contributed by atoms with Crippen LogP contribution in [0.15, 0.2) is 59.4 Å². The van der Waals surface area contributed by atoms with Crippen LogP contribution in [0.1, 0.15) is 30.7 Å². The van der Waals surface area contributed by atoms with Gasteiger partial charge in [0, 0.05) is 13.1 Å². The number of benzene rings is 2. The highest BCUT2D eigenvalue weighted by Crippen LogP contribution is 2.25. The van der Waals surface area contributed by atoms with Gasteiger partial charge >= 0.3 is 0 Å². The standard InChI is InChI=1S/C20H21N3O2.C2H6/c1-23-19(25)12-17(22-20(23)21)10-9-14-5-4-7-15(11-14)18-8-3-2-6-16(18)13-24;1-2/h2-8,11-12,24H,9-10,13H2,1H3,(H2,21,22);1-2H3. The Labute approximate surface area is 160 Å². The summed E-state index contributed by atoms with van der Waals surface area (Å²) in [6.07, 6.45) is 1.40. The lowest BCUT2D eigenvalue weighted by molar-refractivity contribution is 0.282. The molecule has 0 aliphatic carbocycles. The van der Waals surface area contributed by atoms with Gasteiger partial charge in [-0.25, -0.2) is 4.98 Å². The Bertz CT molecular complexity index is 948. The SMILES string of the molecule is CC.Cn1c(N)nc(CCc2cccc(-c3ccccc3CO)c2)cc1=O. The number of hydrogen-bond donors (Lipinski definition) is 2. The topological polar surface area (TPSA) is 81.1 Å². The fourth-order valence-electron chi connectivity index (χ4n) is 2.84. The van der Waals surface area contributed by atoms with Crippen molar-refractivity contribution in [1.82, 2.24) is 9.55 Å². The molecular formula is C22H27N3O2. The van der Waals surface area contributed by atoms with Crippen LogP contribution in [0.4, 0.5) is 5.95 Å². The normalized spacial score (nSPS) is 10.2. The summed E-state index contributed by atoms with van der Waals surface area (Å²) < 4.78 is 1.33. The third kappa shape index (κ3) is 5.05. The first kappa shape index (κ1) is 20.4. The predicted molar refractivity (Wildman–Crippen MR) is 110 cm³/mol. The number of nitrogens with zero attached hydrogens (tertiary/aromatic N) is 2. The van der Waals surface area contributed by atoms with E-state index < -0.39 is 0 Å².